The lowest BCUT2D eigenvalue weighted by Crippen LogP contribution is -2.45. The molecule has 0 aliphatic carbocycles. The van der Waals surface area contributed by atoms with Crippen molar-refractivity contribution in [1.29, 1.82) is 0 Å². The Labute approximate surface area is 131 Å². The Morgan fingerprint density at radius 1 is 1.36 bits per heavy atom. The molecule has 1 aromatic rings. The molecule has 0 saturated heterocycles. The lowest BCUT2D eigenvalue weighted by atomic mass is 9.99. The Hall–Kier alpha value is -2.08. The maximum atomic E-state index is 11.8. The normalized spacial score (nSPS) is 13.1. The predicted octanol–water partition coefficient (Wildman–Crippen LogP) is 1.51. The van der Waals surface area contributed by atoms with Gasteiger partial charge in [-0.15, -0.1) is 0 Å². The van der Waals surface area contributed by atoms with Gasteiger partial charge in [0.25, 0.3) is 0 Å². The summed E-state index contributed by atoms with van der Waals surface area (Å²) >= 11 is 0. The Morgan fingerprint density at radius 3 is 2.73 bits per heavy atom. The second-order valence-corrected chi connectivity index (χ2v) is 5.26. The van der Waals surface area contributed by atoms with E-state index in [2.05, 4.69) is 10.6 Å². The fourth-order valence-electron chi connectivity index (χ4n) is 1.84. The highest BCUT2D eigenvalue weighted by molar-refractivity contribution is 5.88. The van der Waals surface area contributed by atoms with E-state index in [0.29, 0.717) is 24.6 Å². The van der Waals surface area contributed by atoms with Crippen LogP contribution >= 0.6 is 0 Å². The highest BCUT2D eigenvalue weighted by atomic mass is 16.5. The summed E-state index contributed by atoms with van der Waals surface area (Å²) in [4.78, 5) is 22.8. The van der Waals surface area contributed by atoms with E-state index < -0.39 is 6.04 Å². The molecule has 6 nitrogen and oxygen atoms in total. The second kappa shape index (κ2) is 9.04. The van der Waals surface area contributed by atoms with Crippen molar-refractivity contribution in [2.75, 3.05) is 18.5 Å². The summed E-state index contributed by atoms with van der Waals surface area (Å²) in [6.07, 6.45) is 0.862. The van der Waals surface area contributed by atoms with Gasteiger partial charge in [-0.05, 0) is 18.1 Å². The minimum atomic E-state index is -0.493. The number of carbonyl (C=O) groups is 2. The molecule has 2 amide bonds. The number of amides is 2. The van der Waals surface area contributed by atoms with Crippen molar-refractivity contribution in [2.45, 2.75) is 33.2 Å². The fraction of sp³-hybridized carbons (Fsp3) is 0.500. The van der Waals surface area contributed by atoms with E-state index >= 15 is 0 Å². The molecular formula is C16H25N3O3. The maximum absolute atomic E-state index is 11.8. The van der Waals surface area contributed by atoms with E-state index in [-0.39, 0.29) is 17.7 Å². The first-order valence-electron chi connectivity index (χ1n) is 7.47. The van der Waals surface area contributed by atoms with E-state index in [0.717, 1.165) is 6.42 Å². The van der Waals surface area contributed by atoms with Crippen molar-refractivity contribution in [3.8, 4) is 5.75 Å². The number of nitrogens with one attached hydrogen (secondary N) is 2. The van der Waals surface area contributed by atoms with Crippen LogP contribution in [-0.4, -0.2) is 31.0 Å². The molecule has 0 heterocycles. The van der Waals surface area contributed by atoms with E-state index in [4.69, 9.17) is 10.5 Å². The van der Waals surface area contributed by atoms with Crippen LogP contribution in [0.5, 0.6) is 5.75 Å². The van der Waals surface area contributed by atoms with Crippen LogP contribution in [0, 0.1) is 5.92 Å². The molecule has 6 heteroatoms. The summed E-state index contributed by atoms with van der Waals surface area (Å²) in [7, 11) is 0. The van der Waals surface area contributed by atoms with Gasteiger partial charge in [-0.3, -0.25) is 9.59 Å². The van der Waals surface area contributed by atoms with Crippen molar-refractivity contribution < 1.29 is 14.3 Å². The first kappa shape index (κ1) is 18.0. The lowest BCUT2D eigenvalue weighted by Gasteiger charge is -2.17. The van der Waals surface area contributed by atoms with Crippen LogP contribution in [0.3, 0.4) is 0 Å². The third kappa shape index (κ3) is 6.13. The van der Waals surface area contributed by atoms with Gasteiger partial charge in [0.15, 0.2) is 0 Å². The van der Waals surface area contributed by atoms with Gasteiger partial charge in [-0.1, -0.05) is 26.3 Å². The zero-order valence-electron chi connectivity index (χ0n) is 13.4. The second-order valence-electron chi connectivity index (χ2n) is 5.26. The first-order valence-corrected chi connectivity index (χ1v) is 7.47. The maximum Gasteiger partial charge on any atom is 0.237 e. The molecule has 2 unspecified atom stereocenters. The van der Waals surface area contributed by atoms with Crippen molar-refractivity contribution >= 4 is 17.5 Å². The molecule has 0 spiro atoms. The molecule has 0 aliphatic rings. The third-order valence-electron chi connectivity index (χ3n) is 3.38. The highest BCUT2D eigenvalue weighted by Crippen LogP contribution is 2.17. The predicted molar refractivity (Wildman–Crippen MR) is 86.7 cm³/mol. The molecule has 2 atom stereocenters. The summed E-state index contributed by atoms with van der Waals surface area (Å²) in [5.74, 6) is 0.482. The quantitative estimate of drug-likeness (QED) is 0.635. The van der Waals surface area contributed by atoms with Crippen LogP contribution in [0.25, 0.3) is 0 Å². The smallest absolute Gasteiger partial charge is 0.237 e. The summed E-state index contributed by atoms with van der Waals surface area (Å²) in [5, 5.41) is 5.44. The molecule has 0 aromatic heterocycles. The molecule has 1 rings (SSSR count). The molecule has 0 radical (unpaired) electrons. The number of ether oxygens (including phenoxy) is 1. The van der Waals surface area contributed by atoms with Crippen LogP contribution in [0.2, 0.25) is 0 Å². The molecule has 0 saturated carbocycles. The molecule has 4 N–H and O–H groups in total. The van der Waals surface area contributed by atoms with Crippen LogP contribution < -0.4 is 21.1 Å². The van der Waals surface area contributed by atoms with E-state index in [9.17, 15) is 9.59 Å². The largest absolute Gasteiger partial charge is 0.492 e. The van der Waals surface area contributed by atoms with E-state index in [1.807, 2.05) is 13.8 Å². The Kier molecular flexibility index (Phi) is 7.39. The number of hydrogen-bond donors (Lipinski definition) is 3. The third-order valence-corrected chi connectivity index (χ3v) is 3.38. The van der Waals surface area contributed by atoms with Gasteiger partial charge in [-0.25, -0.2) is 0 Å². The van der Waals surface area contributed by atoms with E-state index in [1.54, 1.807) is 24.3 Å². The van der Waals surface area contributed by atoms with Gasteiger partial charge in [0.05, 0.1) is 12.6 Å². The highest BCUT2D eigenvalue weighted by Gasteiger charge is 2.18. The molecule has 1 aromatic carbocycles. The lowest BCUT2D eigenvalue weighted by molar-refractivity contribution is -0.123. The van der Waals surface area contributed by atoms with E-state index in [1.165, 1.54) is 6.92 Å². The Morgan fingerprint density at radius 2 is 2.09 bits per heavy atom. The monoisotopic (exact) mass is 307 g/mol. The van der Waals surface area contributed by atoms with Gasteiger partial charge >= 0.3 is 0 Å². The SMILES string of the molecule is CCC(C)C(N)C(=O)NCCOc1cccc(NC(C)=O)c1. The van der Waals surface area contributed by atoms with Crippen LogP contribution in [0.15, 0.2) is 24.3 Å². The summed E-state index contributed by atoms with van der Waals surface area (Å²) < 4.78 is 5.54. The van der Waals surface area contributed by atoms with Crippen LogP contribution in [-0.2, 0) is 9.59 Å². The summed E-state index contributed by atoms with van der Waals surface area (Å²) in [6.45, 7) is 6.12. The van der Waals surface area contributed by atoms with Gasteiger partial charge in [0.2, 0.25) is 11.8 Å². The topological polar surface area (TPSA) is 93.5 Å². The zero-order valence-corrected chi connectivity index (χ0v) is 13.4. The Balaban J connectivity index is 2.35. The van der Waals surface area contributed by atoms with Crippen molar-refractivity contribution in [1.82, 2.24) is 5.32 Å². The average Bonchev–Trinajstić information content (AvgIpc) is 2.49. The van der Waals surface area contributed by atoms with Crippen LogP contribution in [0.1, 0.15) is 27.2 Å². The van der Waals surface area contributed by atoms with Gasteiger partial charge in [0.1, 0.15) is 12.4 Å². The molecule has 22 heavy (non-hydrogen) atoms. The molecular weight excluding hydrogens is 282 g/mol. The van der Waals surface area contributed by atoms with Crippen molar-refractivity contribution in [3.05, 3.63) is 24.3 Å². The minimum absolute atomic E-state index is 0.136. The summed E-state index contributed by atoms with van der Waals surface area (Å²) in [6, 6.07) is 6.60. The number of nitrogens with two attached hydrogens (primary N) is 1. The zero-order chi connectivity index (χ0) is 16.5. The molecule has 122 valence electrons. The standard InChI is InChI=1S/C16H25N3O3/c1-4-11(2)15(17)16(21)18-8-9-22-14-7-5-6-13(10-14)19-12(3)20/h5-7,10-11,15H,4,8-9,17H2,1-3H3,(H,18,21)(H,19,20). The number of anilines is 1. The van der Waals surface area contributed by atoms with Gasteiger partial charge in [0, 0.05) is 18.7 Å². The van der Waals surface area contributed by atoms with Gasteiger partial charge < -0.3 is 21.1 Å². The summed E-state index contributed by atoms with van der Waals surface area (Å²) in [5.41, 5.74) is 6.51. The fourth-order valence-corrected chi connectivity index (χ4v) is 1.84. The number of carbonyl (C=O) groups excluding carboxylic acids is 2. The number of benzene rings is 1. The molecule has 0 aliphatic heterocycles. The van der Waals surface area contributed by atoms with Crippen molar-refractivity contribution in [2.24, 2.45) is 11.7 Å². The number of rotatable bonds is 8. The number of hydrogen-bond acceptors (Lipinski definition) is 4. The Bertz CT molecular complexity index is 505. The minimum Gasteiger partial charge on any atom is -0.492 e. The van der Waals surface area contributed by atoms with Gasteiger partial charge in [-0.2, -0.15) is 0 Å². The van der Waals surface area contributed by atoms with Crippen molar-refractivity contribution in [3.63, 3.8) is 0 Å². The first-order chi connectivity index (χ1) is 10.4. The molecule has 0 bridgehead atoms. The average molecular weight is 307 g/mol. The molecule has 0 fully saturated rings. The van der Waals surface area contributed by atoms with Crippen LogP contribution in [0.4, 0.5) is 5.69 Å².